The molecule has 2 N–H and O–H groups in total. The first-order valence-electron chi connectivity index (χ1n) is 5.00. The predicted octanol–water partition coefficient (Wildman–Crippen LogP) is 0.961. The molecule has 0 aliphatic rings. The standard InChI is InChI=1S/C11H16N2O3/c1-7-4-10(16-3)5-9(13-7)6-12-8(2)11(14)15/h4-5,8,12H,6H2,1-3H3,(H,14,15)/t8-/m0/s1. The van der Waals surface area contributed by atoms with Gasteiger partial charge in [0, 0.05) is 24.4 Å². The smallest absolute Gasteiger partial charge is 0.320 e. The molecule has 0 unspecified atom stereocenters. The Labute approximate surface area is 94.5 Å². The Bertz CT molecular complexity index is 379. The van der Waals surface area contributed by atoms with Crippen molar-refractivity contribution in [2.45, 2.75) is 26.4 Å². The fourth-order valence-corrected chi connectivity index (χ4v) is 1.26. The number of rotatable bonds is 5. The summed E-state index contributed by atoms with van der Waals surface area (Å²) in [6.45, 7) is 3.87. The van der Waals surface area contributed by atoms with E-state index in [4.69, 9.17) is 9.84 Å². The van der Waals surface area contributed by atoms with Gasteiger partial charge in [0.1, 0.15) is 11.8 Å². The molecule has 88 valence electrons. The van der Waals surface area contributed by atoms with E-state index >= 15 is 0 Å². The number of pyridine rings is 1. The lowest BCUT2D eigenvalue weighted by molar-refractivity contribution is -0.139. The van der Waals surface area contributed by atoms with Crippen molar-refractivity contribution in [3.05, 3.63) is 23.5 Å². The molecule has 1 rings (SSSR count). The van der Waals surface area contributed by atoms with E-state index in [1.54, 1.807) is 20.1 Å². The molecule has 1 aromatic heterocycles. The van der Waals surface area contributed by atoms with Crippen LogP contribution in [0.2, 0.25) is 0 Å². The number of nitrogens with zero attached hydrogens (tertiary/aromatic N) is 1. The van der Waals surface area contributed by atoms with Crippen LogP contribution in [0.4, 0.5) is 0 Å². The normalized spacial score (nSPS) is 12.2. The molecule has 1 atom stereocenters. The number of hydrogen-bond donors (Lipinski definition) is 2. The summed E-state index contributed by atoms with van der Waals surface area (Å²) in [6.07, 6.45) is 0. The fraction of sp³-hybridized carbons (Fsp3) is 0.455. The fourth-order valence-electron chi connectivity index (χ4n) is 1.26. The van der Waals surface area contributed by atoms with Crippen molar-refractivity contribution in [3.8, 4) is 5.75 Å². The zero-order valence-electron chi connectivity index (χ0n) is 9.65. The average Bonchev–Trinajstić information content (AvgIpc) is 2.24. The molecule has 0 bridgehead atoms. The molecule has 0 saturated heterocycles. The maximum atomic E-state index is 10.6. The van der Waals surface area contributed by atoms with E-state index in [1.165, 1.54) is 0 Å². The Hall–Kier alpha value is -1.62. The summed E-state index contributed by atoms with van der Waals surface area (Å²) in [5.74, 6) is -0.146. The van der Waals surface area contributed by atoms with Crippen molar-refractivity contribution in [1.82, 2.24) is 10.3 Å². The molecule has 0 radical (unpaired) electrons. The summed E-state index contributed by atoms with van der Waals surface area (Å²) in [4.78, 5) is 14.9. The van der Waals surface area contributed by atoms with Gasteiger partial charge in [-0.3, -0.25) is 15.1 Å². The van der Waals surface area contributed by atoms with E-state index in [9.17, 15) is 4.79 Å². The second-order valence-corrected chi connectivity index (χ2v) is 3.58. The lowest BCUT2D eigenvalue weighted by Crippen LogP contribution is -2.33. The van der Waals surface area contributed by atoms with Gasteiger partial charge < -0.3 is 9.84 Å². The van der Waals surface area contributed by atoms with Gasteiger partial charge in [0.2, 0.25) is 0 Å². The van der Waals surface area contributed by atoms with Gasteiger partial charge in [0.25, 0.3) is 0 Å². The van der Waals surface area contributed by atoms with Gasteiger partial charge in [0.05, 0.1) is 12.8 Å². The Morgan fingerprint density at radius 1 is 1.62 bits per heavy atom. The highest BCUT2D eigenvalue weighted by Crippen LogP contribution is 2.13. The van der Waals surface area contributed by atoms with E-state index in [-0.39, 0.29) is 0 Å². The summed E-state index contributed by atoms with van der Waals surface area (Å²) >= 11 is 0. The molecule has 0 aliphatic carbocycles. The highest BCUT2D eigenvalue weighted by atomic mass is 16.5. The molecule has 0 aromatic carbocycles. The van der Waals surface area contributed by atoms with Crippen LogP contribution in [-0.4, -0.2) is 29.2 Å². The van der Waals surface area contributed by atoms with Crippen LogP contribution in [-0.2, 0) is 11.3 Å². The molecular formula is C11H16N2O3. The quantitative estimate of drug-likeness (QED) is 0.779. The summed E-state index contributed by atoms with van der Waals surface area (Å²) < 4.78 is 5.11. The van der Waals surface area contributed by atoms with Crippen molar-refractivity contribution in [2.24, 2.45) is 0 Å². The number of carboxylic acids is 1. The van der Waals surface area contributed by atoms with E-state index < -0.39 is 12.0 Å². The second kappa shape index (κ2) is 5.46. The first kappa shape index (κ1) is 12.4. The maximum absolute atomic E-state index is 10.6. The molecule has 16 heavy (non-hydrogen) atoms. The highest BCUT2D eigenvalue weighted by molar-refractivity contribution is 5.72. The molecule has 0 aliphatic heterocycles. The van der Waals surface area contributed by atoms with Crippen LogP contribution in [0.1, 0.15) is 18.3 Å². The Morgan fingerprint density at radius 2 is 2.31 bits per heavy atom. The molecule has 0 fully saturated rings. The summed E-state index contributed by atoms with van der Waals surface area (Å²) in [5, 5.41) is 11.6. The molecule has 0 amide bonds. The number of aromatic nitrogens is 1. The second-order valence-electron chi connectivity index (χ2n) is 3.58. The number of aliphatic carboxylic acids is 1. The van der Waals surface area contributed by atoms with Crippen LogP contribution in [0.5, 0.6) is 5.75 Å². The van der Waals surface area contributed by atoms with Crippen molar-refractivity contribution in [1.29, 1.82) is 0 Å². The van der Waals surface area contributed by atoms with Crippen LogP contribution < -0.4 is 10.1 Å². The van der Waals surface area contributed by atoms with Crippen LogP contribution in [0, 0.1) is 6.92 Å². The molecule has 5 heteroatoms. The third-order valence-electron chi connectivity index (χ3n) is 2.18. The zero-order valence-corrected chi connectivity index (χ0v) is 9.65. The molecule has 1 aromatic rings. The topological polar surface area (TPSA) is 71.5 Å². The Balaban J connectivity index is 2.66. The van der Waals surface area contributed by atoms with Gasteiger partial charge in [-0.1, -0.05) is 0 Å². The minimum absolute atomic E-state index is 0.408. The van der Waals surface area contributed by atoms with Crippen molar-refractivity contribution < 1.29 is 14.6 Å². The zero-order chi connectivity index (χ0) is 12.1. The minimum atomic E-state index is -0.875. The molecule has 1 heterocycles. The summed E-state index contributed by atoms with van der Waals surface area (Å²) in [7, 11) is 1.59. The van der Waals surface area contributed by atoms with Gasteiger partial charge in [-0.05, 0) is 13.8 Å². The van der Waals surface area contributed by atoms with Crippen LogP contribution in [0.25, 0.3) is 0 Å². The number of carboxylic acid groups (broad SMARTS) is 1. The van der Waals surface area contributed by atoms with Crippen LogP contribution in [0.3, 0.4) is 0 Å². The van der Waals surface area contributed by atoms with E-state index in [0.29, 0.717) is 6.54 Å². The third kappa shape index (κ3) is 3.51. The first-order chi connectivity index (χ1) is 7.52. The van der Waals surface area contributed by atoms with Crippen molar-refractivity contribution in [2.75, 3.05) is 7.11 Å². The Kier molecular flexibility index (Phi) is 4.25. The van der Waals surface area contributed by atoms with Crippen LogP contribution >= 0.6 is 0 Å². The third-order valence-corrected chi connectivity index (χ3v) is 2.18. The van der Waals surface area contributed by atoms with E-state index in [1.807, 2.05) is 13.0 Å². The van der Waals surface area contributed by atoms with Crippen LogP contribution in [0.15, 0.2) is 12.1 Å². The van der Waals surface area contributed by atoms with Gasteiger partial charge in [-0.2, -0.15) is 0 Å². The molecular weight excluding hydrogens is 208 g/mol. The number of carbonyl (C=O) groups is 1. The summed E-state index contributed by atoms with van der Waals surface area (Å²) in [5.41, 5.74) is 1.61. The van der Waals surface area contributed by atoms with Gasteiger partial charge in [0.15, 0.2) is 0 Å². The monoisotopic (exact) mass is 224 g/mol. The first-order valence-corrected chi connectivity index (χ1v) is 5.00. The highest BCUT2D eigenvalue weighted by Gasteiger charge is 2.10. The van der Waals surface area contributed by atoms with Gasteiger partial charge in [-0.15, -0.1) is 0 Å². The number of aryl methyl sites for hydroxylation is 1. The minimum Gasteiger partial charge on any atom is -0.497 e. The maximum Gasteiger partial charge on any atom is 0.320 e. The molecule has 0 spiro atoms. The number of nitrogens with one attached hydrogen (secondary N) is 1. The molecule has 0 saturated carbocycles. The molecule has 5 nitrogen and oxygen atoms in total. The summed E-state index contributed by atoms with van der Waals surface area (Å²) in [6, 6.07) is 3.02. The predicted molar refractivity (Wildman–Crippen MR) is 59.5 cm³/mol. The SMILES string of the molecule is COc1cc(C)nc(CN[C@@H](C)C(=O)O)c1. The van der Waals surface area contributed by atoms with E-state index in [2.05, 4.69) is 10.3 Å². The lowest BCUT2D eigenvalue weighted by atomic mass is 10.2. The number of hydrogen-bond acceptors (Lipinski definition) is 4. The number of ether oxygens (including phenoxy) is 1. The number of methoxy groups -OCH3 is 1. The Morgan fingerprint density at radius 3 is 2.88 bits per heavy atom. The van der Waals surface area contributed by atoms with E-state index in [0.717, 1.165) is 17.1 Å². The van der Waals surface area contributed by atoms with Gasteiger partial charge in [-0.25, -0.2) is 0 Å². The van der Waals surface area contributed by atoms with Crippen molar-refractivity contribution >= 4 is 5.97 Å². The average molecular weight is 224 g/mol. The largest absolute Gasteiger partial charge is 0.497 e. The lowest BCUT2D eigenvalue weighted by Gasteiger charge is -2.10. The van der Waals surface area contributed by atoms with Crippen molar-refractivity contribution in [3.63, 3.8) is 0 Å². The van der Waals surface area contributed by atoms with Gasteiger partial charge >= 0.3 is 5.97 Å².